The third-order valence-corrected chi connectivity index (χ3v) is 9.68. The van der Waals surface area contributed by atoms with Gasteiger partial charge in [-0.1, -0.05) is 36.6 Å². The predicted octanol–water partition coefficient (Wildman–Crippen LogP) is 5.27. The first kappa shape index (κ1) is 27.1. The lowest BCUT2D eigenvalue weighted by Gasteiger charge is -2.20. The van der Waals surface area contributed by atoms with Gasteiger partial charge in [0.2, 0.25) is 10.0 Å². The topological polar surface area (TPSA) is 113 Å². The van der Waals surface area contributed by atoms with E-state index in [1.54, 1.807) is 31.2 Å². The van der Waals surface area contributed by atoms with Gasteiger partial charge < -0.3 is 5.32 Å². The molecular formula is C26H28ClN3O5S2. The quantitative estimate of drug-likeness (QED) is 0.408. The van der Waals surface area contributed by atoms with Crippen molar-refractivity contribution in [1.29, 1.82) is 0 Å². The minimum Gasteiger partial charge on any atom is -0.322 e. The number of benzene rings is 3. The summed E-state index contributed by atoms with van der Waals surface area (Å²) >= 11 is 5.92. The molecule has 0 atom stereocenters. The van der Waals surface area contributed by atoms with Crippen molar-refractivity contribution in [3.05, 3.63) is 82.9 Å². The fourth-order valence-corrected chi connectivity index (χ4v) is 6.90. The fourth-order valence-electron chi connectivity index (χ4n) is 4.12. The number of aryl methyl sites for hydroxylation is 1. The first-order chi connectivity index (χ1) is 17.6. The molecule has 1 aliphatic heterocycles. The standard InChI is InChI=1S/C26H28ClN3O5S2/c1-19-9-12-24(37(34,35)30-15-4-2-3-5-16-30)18-25(19)26(31)28-21-10-13-23(14-11-21)36(32,33)29-22-8-6-7-20(27)17-22/h6-14,17-18,29H,2-5,15-16H2,1H3,(H,28,31). The molecule has 0 aromatic heterocycles. The minimum atomic E-state index is -3.86. The Balaban J connectivity index is 1.50. The number of amides is 1. The number of anilines is 2. The second-order valence-electron chi connectivity index (χ2n) is 8.89. The van der Waals surface area contributed by atoms with Gasteiger partial charge in [0.25, 0.3) is 15.9 Å². The maximum Gasteiger partial charge on any atom is 0.261 e. The summed E-state index contributed by atoms with van der Waals surface area (Å²) in [4.78, 5) is 13.1. The summed E-state index contributed by atoms with van der Waals surface area (Å²) in [6, 6.07) is 16.6. The maximum atomic E-state index is 13.2. The van der Waals surface area contributed by atoms with E-state index in [0.717, 1.165) is 25.7 Å². The third-order valence-electron chi connectivity index (χ3n) is 6.16. The average Bonchev–Trinajstić information content (AvgIpc) is 3.14. The summed E-state index contributed by atoms with van der Waals surface area (Å²) < 4.78 is 55.7. The minimum absolute atomic E-state index is 0.00666. The molecule has 3 aromatic rings. The molecule has 8 nitrogen and oxygen atoms in total. The number of carbonyl (C=O) groups is 1. The van der Waals surface area contributed by atoms with Crippen LogP contribution in [0.5, 0.6) is 0 Å². The monoisotopic (exact) mass is 561 g/mol. The summed E-state index contributed by atoms with van der Waals surface area (Å²) in [5.74, 6) is -0.488. The second-order valence-corrected chi connectivity index (χ2v) is 12.9. The number of halogens is 1. The molecule has 1 amide bonds. The van der Waals surface area contributed by atoms with Gasteiger partial charge in [-0.15, -0.1) is 0 Å². The van der Waals surface area contributed by atoms with Crippen molar-refractivity contribution < 1.29 is 21.6 Å². The molecule has 2 N–H and O–H groups in total. The smallest absolute Gasteiger partial charge is 0.261 e. The molecule has 37 heavy (non-hydrogen) atoms. The highest BCUT2D eigenvalue weighted by atomic mass is 35.5. The first-order valence-electron chi connectivity index (χ1n) is 11.9. The lowest BCUT2D eigenvalue weighted by atomic mass is 10.1. The van der Waals surface area contributed by atoms with Crippen molar-refractivity contribution in [2.24, 2.45) is 0 Å². The highest BCUT2D eigenvalue weighted by molar-refractivity contribution is 7.92. The van der Waals surface area contributed by atoms with Crippen LogP contribution in [0.2, 0.25) is 5.02 Å². The van der Waals surface area contributed by atoms with Gasteiger partial charge in [-0.25, -0.2) is 16.8 Å². The van der Waals surface area contributed by atoms with Crippen molar-refractivity contribution in [1.82, 2.24) is 4.31 Å². The van der Waals surface area contributed by atoms with Crippen LogP contribution in [-0.2, 0) is 20.0 Å². The molecule has 11 heteroatoms. The molecule has 0 radical (unpaired) electrons. The van der Waals surface area contributed by atoms with Gasteiger partial charge in [0, 0.05) is 29.4 Å². The molecule has 196 valence electrons. The fraction of sp³-hybridized carbons (Fsp3) is 0.269. The summed E-state index contributed by atoms with van der Waals surface area (Å²) in [5, 5.41) is 3.12. The van der Waals surface area contributed by atoms with Crippen LogP contribution >= 0.6 is 11.6 Å². The molecular weight excluding hydrogens is 534 g/mol. The maximum absolute atomic E-state index is 13.2. The van der Waals surface area contributed by atoms with E-state index < -0.39 is 26.0 Å². The van der Waals surface area contributed by atoms with Crippen LogP contribution in [0, 0.1) is 6.92 Å². The van der Waals surface area contributed by atoms with Crippen LogP contribution < -0.4 is 10.0 Å². The highest BCUT2D eigenvalue weighted by Crippen LogP contribution is 2.24. The Bertz CT molecular complexity index is 1500. The van der Waals surface area contributed by atoms with Crippen molar-refractivity contribution in [3.8, 4) is 0 Å². The first-order valence-corrected chi connectivity index (χ1v) is 15.2. The molecule has 1 heterocycles. The number of hydrogen-bond acceptors (Lipinski definition) is 5. The van der Waals surface area contributed by atoms with Gasteiger partial charge in [-0.05, 0) is 79.9 Å². The normalized spacial score (nSPS) is 15.1. The molecule has 0 saturated carbocycles. The largest absolute Gasteiger partial charge is 0.322 e. The van der Waals surface area contributed by atoms with Crippen LogP contribution in [0.15, 0.2) is 76.5 Å². The number of hydrogen-bond donors (Lipinski definition) is 2. The summed E-state index contributed by atoms with van der Waals surface area (Å²) in [7, 11) is -7.57. The van der Waals surface area contributed by atoms with Crippen LogP contribution in [0.3, 0.4) is 0 Å². The second kappa shape index (κ2) is 11.2. The van der Waals surface area contributed by atoms with Gasteiger partial charge in [-0.3, -0.25) is 9.52 Å². The summed E-state index contributed by atoms with van der Waals surface area (Å²) in [6.07, 6.45) is 3.65. The molecule has 1 saturated heterocycles. The molecule has 0 bridgehead atoms. The summed E-state index contributed by atoms with van der Waals surface area (Å²) in [6.45, 7) is 2.67. The van der Waals surface area contributed by atoms with Gasteiger partial charge >= 0.3 is 0 Å². The lowest BCUT2D eigenvalue weighted by Crippen LogP contribution is -2.32. The van der Waals surface area contributed by atoms with Gasteiger partial charge in [0.15, 0.2) is 0 Å². The number of nitrogens with one attached hydrogen (secondary N) is 2. The molecule has 0 spiro atoms. The Hall–Kier alpha value is -2.92. The van der Waals surface area contributed by atoms with E-state index in [2.05, 4.69) is 10.0 Å². The zero-order chi connectivity index (χ0) is 26.6. The Morgan fingerprint density at radius 3 is 2.11 bits per heavy atom. The van der Waals surface area contributed by atoms with E-state index in [0.29, 0.717) is 35.1 Å². The number of sulfonamides is 2. The highest BCUT2D eigenvalue weighted by Gasteiger charge is 2.26. The zero-order valence-electron chi connectivity index (χ0n) is 20.3. The van der Waals surface area contributed by atoms with Gasteiger partial charge in [0.05, 0.1) is 15.5 Å². The average molecular weight is 562 g/mol. The Kier molecular flexibility index (Phi) is 8.23. The molecule has 1 fully saturated rings. The zero-order valence-corrected chi connectivity index (χ0v) is 22.7. The van der Waals surface area contributed by atoms with Crippen molar-refractivity contribution in [2.75, 3.05) is 23.1 Å². The predicted molar refractivity (Wildman–Crippen MR) is 145 cm³/mol. The van der Waals surface area contributed by atoms with Crippen LogP contribution in [-0.4, -0.2) is 40.1 Å². The van der Waals surface area contributed by atoms with E-state index >= 15 is 0 Å². The van der Waals surface area contributed by atoms with E-state index in [1.165, 1.54) is 46.8 Å². The van der Waals surface area contributed by atoms with E-state index in [1.807, 2.05) is 0 Å². The lowest BCUT2D eigenvalue weighted by molar-refractivity contribution is 0.102. The van der Waals surface area contributed by atoms with E-state index in [-0.39, 0.29) is 15.4 Å². The SMILES string of the molecule is Cc1ccc(S(=O)(=O)N2CCCCCC2)cc1C(=O)Nc1ccc(S(=O)(=O)Nc2cccc(Cl)c2)cc1. The van der Waals surface area contributed by atoms with Gasteiger partial charge in [0.1, 0.15) is 0 Å². The number of rotatable bonds is 7. The number of carbonyl (C=O) groups excluding carboxylic acids is 1. The van der Waals surface area contributed by atoms with Crippen LogP contribution in [0.4, 0.5) is 11.4 Å². The summed E-state index contributed by atoms with van der Waals surface area (Å²) in [5.41, 5.74) is 1.55. The van der Waals surface area contributed by atoms with Gasteiger partial charge in [-0.2, -0.15) is 4.31 Å². The van der Waals surface area contributed by atoms with E-state index in [9.17, 15) is 21.6 Å². The Morgan fingerprint density at radius 2 is 1.46 bits per heavy atom. The number of nitrogens with zero attached hydrogens (tertiary/aromatic N) is 1. The van der Waals surface area contributed by atoms with Crippen molar-refractivity contribution >= 4 is 48.9 Å². The molecule has 0 unspecified atom stereocenters. The van der Waals surface area contributed by atoms with Crippen LogP contribution in [0.1, 0.15) is 41.6 Å². The molecule has 4 rings (SSSR count). The van der Waals surface area contributed by atoms with Crippen molar-refractivity contribution in [2.45, 2.75) is 42.4 Å². The van der Waals surface area contributed by atoms with Crippen LogP contribution in [0.25, 0.3) is 0 Å². The third kappa shape index (κ3) is 6.51. The van der Waals surface area contributed by atoms with Crippen molar-refractivity contribution in [3.63, 3.8) is 0 Å². The molecule has 1 aliphatic rings. The molecule has 3 aromatic carbocycles. The molecule has 0 aliphatic carbocycles. The Morgan fingerprint density at radius 1 is 0.811 bits per heavy atom. The Labute approximate surface area is 222 Å². The van der Waals surface area contributed by atoms with E-state index in [4.69, 9.17) is 11.6 Å².